The molecule has 2 heterocycles. The molecule has 0 amide bonds. The number of hydrogen-bond acceptors (Lipinski definition) is 4. The molecule has 0 spiro atoms. The van der Waals surface area contributed by atoms with Crippen LogP contribution >= 0.6 is 0 Å². The number of rotatable bonds is 2. The van der Waals surface area contributed by atoms with Gasteiger partial charge in [0.15, 0.2) is 0 Å². The highest BCUT2D eigenvalue weighted by atomic mass is 32.2. The second-order valence-corrected chi connectivity index (χ2v) is 11.1. The zero-order valence-corrected chi connectivity index (χ0v) is 20.1. The van der Waals surface area contributed by atoms with E-state index >= 15 is 0 Å². The highest BCUT2D eigenvalue weighted by Gasteiger charge is 2.40. The fraction of sp³-hybridized carbons (Fsp3) is 0.308. The molecule has 2 aliphatic heterocycles. The molecule has 0 unspecified atom stereocenters. The Bertz CT molecular complexity index is 1330. The van der Waals surface area contributed by atoms with E-state index in [1.54, 1.807) is 16.5 Å². The lowest BCUT2D eigenvalue weighted by Gasteiger charge is -2.34. The topological polar surface area (TPSA) is 43.9 Å². The highest BCUT2D eigenvalue weighted by molar-refractivity contribution is 7.89. The van der Waals surface area contributed by atoms with E-state index < -0.39 is 10.0 Å². The van der Waals surface area contributed by atoms with Crippen LogP contribution in [0.2, 0.25) is 0 Å². The van der Waals surface area contributed by atoms with E-state index in [0.717, 1.165) is 33.6 Å². The van der Waals surface area contributed by atoms with Gasteiger partial charge in [-0.2, -0.15) is 0 Å². The molecular formula is C26H29N3O2S. The molecule has 32 heavy (non-hydrogen) atoms. The molecule has 6 heteroatoms. The van der Waals surface area contributed by atoms with Gasteiger partial charge < -0.3 is 4.90 Å². The summed E-state index contributed by atoms with van der Waals surface area (Å²) >= 11 is 0. The van der Waals surface area contributed by atoms with Gasteiger partial charge in [0.25, 0.3) is 10.0 Å². The van der Waals surface area contributed by atoms with Crippen LogP contribution in [0.5, 0.6) is 0 Å². The number of nitrogens with zero attached hydrogens (tertiary/aromatic N) is 3. The molecule has 0 saturated carbocycles. The van der Waals surface area contributed by atoms with Crippen molar-refractivity contribution in [2.24, 2.45) is 0 Å². The maximum absolute atomic E-state index is 13.9. The SMILES string of the molecule is Cc1ccc(S(=O)(=O)N2CN3Cc4cc(C)cc(C)c4N2Cc2cc(C)cc(C)c23)cc1. The van der Waals surface area contributed by atoms with Crippen molar-refractivity contribution in [2.45, 2.75) is 52.6 Å². The van der Waals surface area contributed by atoms with Gasteiger partial charge in [0.1, 0.15) is 6.67 Å². The minimum Gasteiger partial charge on any atom is -0.351 e. The van der Waals surface area contributed by atoms with Crippen LogP contribution in [0.1, 0.15) is 38.9 Å². The summed E-state index contributed by atoms with van der Waals surface area (Å²) in [6, 6.07) is 15.8. The Balaban J connectivity index is 1.75. The second kappa shape index (κ2) is 7.36. The van der Waals surface area contributed by atoms with Crippen molar-refractivity contribution in [3.63, 3.8) is 0 Å². The predicted molar refractivity (Wildman–Crippen MR) is 129 cm³/mol. The fourth-order valence-corrected chi connectivity index (χ4v) is 6.67. The van der Waals surface area contributed by atoms with Gasteiger partial charge in [0.05, 0.1) is 17.1 Å². The Labute approximate surface area is 190 Å². The van der Waals surface area contributed by atoms with Crippen molar-refractivity contribution in [1.82, 2.24) is 4.41 Å². The molecule has 5 nitrogen and oxygen atoms in total. The van der Waals surface area contributed by atoms with Gasteiger partial charge >= 0.3 is 0 Å². The average molecular weight is 448 g/mol. The number of hydrazine groups is 1. The zero-order chi connectivity index (χ0) is 22.8. The van der Waals surface area contributed by atoms with Crippen LogP contribution in [0, 0.1) is 34.6 Å². The quantitative estimate of drug-likeness (QED) is 0.546. The molecule has 0 radical (unpaired) electrons. The average Bonchev–Trinajstić information content (AvgIpc) is 2.94. The molecule has 0 atom stereocenters. The van der Waals surface area contributed by atoms with E-state index in [1.807, 2.05) is 24.1 Å². The molecule has 2 bridgehead atoms. The number of aryl methyl sites for hydroxylation is 5. The van der Waals surface area contributed by atoms with E-state index in [4.69, 9.17) is 0 Å². The lowest BCUT2D eigenvalue weighted by atomic mass is 9.98. The molecule has 3 aromatic carbocycles. The van der Waals surface area contributed by atoms with Crippen molar-refractivity contribution in [3.8, 4) is 0 Å². The Kier molecular flexibility index (Phi) is 4.84. The van der Waals surface area contributed by atoms with E-state index in [2.05, 4.69) is 56.9 Å². The van der Waals surface area contributed by atoms with Gasteiger partial charge in [-0.25, -0.2) is 8.42 Å². The predicted octanol–water partition coefficient (Wildman–Crippen LogP) is 5.13. The Morgan fingerprint density at radius 2 is 1.25 bits per heavy atom. The standard InChI is InChI=1S/C26H29N3O2S/c1-17-6-8-24(9-7-17)32(30,31)29-16-27-14-22-12-19(3)11-21(5)26(22)28(29)15-23-13-18(2)10-20(4)25(23)27/h6-13H,14-16H2,1-5H3. The summed E-state index contributed by atoms with van der Waals surface area (Å²) in [6.07, 6.45) is 0. The minimum atomic E-state index is -3.75. The minimum absolute atomic E-state index is 0.278. The first-order chi connectivity index (χ1) is 15.1. The van der Waals surface area contributed by atoms with Gasteiger partial charge in [-0.1, -0.05) is 57.5 Å². The highest BCUT2D eigenvalue weighted by Crippen LogP contribution is 2.42. The van der Waals surface area contributed by atoms with Crippen molar-refractivity contribution in [1.29, 1.82) is 0 Å². The van der Waals surface area contributed by atoms with Crippen LogP contribution in [0.25, 0.3) is 0 Å². The van der Waals surface area contributed by atoms with E-state index in [0.29, 0.717) is 18.0 Å². The number of sulfonamides is 1. The molecule has 2 aliphatic rings. The first kappa shape index (κ1) is 21.0. The first-order valence-corrected chi connectivity index (χ1v) is 12.4. The summed E-state index contributed by atoms with van der Waals surface area (Å²) in [5.74, 6) is 0. The Hall–Kier alpha value is -2.83. The summed E-state index contributed by atoms with van der Waals surface area (Å²) in [6.45, 7) is 11.8. The van der Waals surface area contributed by atoms with Crippen LogP contribution in [0.15, 0.2) is 53.4 Å². The first-order valence-electron chi connectivity index (χ1n) is 11.0. The summed E-state index contributed by atoms with van der Waals surface area (Å²) in [5, 5.41) is 1.99. The number of fused-ring (bicyclic) bond motifs is 7. The molecule has 3 aromatic rings. The van der Waals surface area contributed by atoms with Crippen LogP contribution < -0.4 is 9.91 Å². The summed E-state index contributed by atoms with van der Waals surface area (Å²) < 4.78 is 29.5. The zero-order valence-electron chi connectivity index (χ0n) is 19.3. The van der Waals surface area contributed by atoms with E-state index in [-0.39, 0.29) is 6.67 Å². The van der Waals surface area contributed by atoms with Crippen molar-refractivity contribution >= 4 is 21.4 Å². The maximum atomic E-state index is 13.9. The molecule has 0 aliphatic carbocycles. The summed E-state index contributed by atoms with van der Waals surface area (Å²) in [7, 11) is -3.75. The Morgan fingerprint density at radius 3 is 1.88 bits per heavy atom. The molecule has 0 N–H and O–H groups in total. The van der Waals surface area contributed by atoms with Crippen molar-refractivity contribution in [2.75, 3.05) is 16.6 Å². The number of hydrogen-bond donors (Lipinski definition) is 0. The lowest BCUT2D eigenvalue weighted by molar-refractivity contribution is 0.390. The van der Waals surface area contributed by atoms with Crippen LogP contribution in [0.4, 0.5) is 11.4 Å². The third-order valence-electron chi connectivity index (χ3n) is 6.46. The molecular weight excluding hydrogens is 418 g/mol. The van der Waals surface area contributed by atoms with Gasteiger partial charge in [0, 0.05) is 12.2 Å². The second-order valence-electron chi connectivity index (χ2n) is 9.22. The van der Waals surface area contributed by atoms with E-state index in [1.165, 1.54) is 16.7 Å². The monoisotopic (exact) mass is 447 g/mol. The molecule has 166 valence electrons. The number of benzene rings is 3. The van der Waals surface area contributed by atoms with Crippen molar-refractivity contribution in [3.05, 3.63) is 87.5 Å². The number of anilines is 2. The van der Waals surface area contributed by atoms with Crippen LogP contribution in [-0.4, -0.2) is 19.5 Å². The molecule has 0 aromatic heterocycles. The normalized spacial score (nSPS) is 15.9. The van der Waals surface area contributed by atoms with Gasteiger partial charge in [-0.05, 0) is 69.0 Å². The Morgan fingerprint density at radius 1 is 0.688 bits per heavy atom. The van der Waals surface area contributed by atoms with Gasteiger partial charge in [-0.3, -0.25) is 5.01 Å². The van der Waals surface area contributed by atoms with E-state index in [9.17, 15) is 8.42 Å². The molecule has 5 rings (SSSR count). The summed E-state index contributed by atoms with van der Waals surface area (Å²) in [5.41, 5.74) is 10.2. The maximum Gasteiger partial charge on any atom is 0.261 e. The third-order valence-corrected chi connectivity index (χ3v) is 8.20. The third kappa shape index (κ3) is 3.29. The molecule has 0 fully saturated rings. The smallest absolute Gasteiger partial charge is 0.261 e. The molecule has 0 saturated heterocycles. The fourth-order valence-electron chi connectivity index (χ4n) is 5.26. The van der Waals surface area contributed by atoms with Gasteiger partial charge in [-0.15, -0.1) is 0 Å². The summed E-state index contributed by atoms with van der Waals surface area (Å²) in [4.78, 5) is 2.54. The van der Waals surface area contributed by atoms with Gasteiger partial charge in [0.2, 0.25) is 0 Å². The van der Waals surface area contributed by atoms with Crippen molar-refractivity contribution < 1.29 is 8.42 Å². The van der Waals surface area contributed by atoms with Crippen LogP contribution in [0.3, 0.4) is 0 Å². The largest absolute Gasteiger partial charge is 0.351 e. The lowest BCUT2D eigenvalue weighted by Crippen LogP contribution is -2.48. The van der Waals surface area contributed by atoms with Crippen LogP contribution in [-0.2, 0) is 23.1 Å².